The molecule has 3 rings (SSSR count). The highest BCUT2D eigenvalue weighted by Gasteiger charge is 2.27. The molecule has 0 aliphatic carbocycles. The number of pyridine rings is 1. The Morgan fingerprint density at radius 3 is 2.52 bits per heavy atom. The number of rotatable bonds is 6. The van der Waals surface area contributed by atoms with Crippen molar-refractivity contribution in [1.29, 1.82) is 0 Å². The van der Waals surface area contributed by atoms with E-state index in [1.54, 1.807) is 23.2 Å². The smallest absolute Gasteiger partial charge is 0.248 e. The maximum absolute atomic E-state index is 12.4. The summed E-state index contributed by atoms with van der Waals surface area (Å²) < 4.78 is 10.5. The van der Waals surface area contributed by atoms with E-state index in [0.29, 0.717) is 43.2 Å². The molecule has 1 aliphatic heterocycles. The summed E-state index contributed by atoms with van der Waals surface area (Å²) in [6.07, 6.45) is 2.86. The van der Waals surface area contributed by atoms with Crippen LogP contribution in [0.5, 0.6) is 11.6 Å². The molecule has 1 aromatic carbocycles. The number of carbonyl (C=O) groups is 2. The monoisotopic (exact) mass is 369 g/mol. The van der Waals surface area contributed by atoms with Crippen LogP contribution >= 0.6 is 0 Å². The van der Waals surface area contributed by atoms with Crippen LogP contribution in [0, 0.1) is 5.92 Å². The zero-order chi connectivity index (χ0) is 19.1. The van der Waals surface area contributed by atoms with Crippen LogP contribution < -0.4 is 10.1 Å². The Bertz CT molecular complexity index is 757. The number of amides is 2. The van der Waals surface area contributed by atoms with Gasteiger partial charge in [-0.3, -0.25) is 9.59 Å². The van der Waals surface area contributed by atoms with Crippen LogP contribution in [0.1, 0.15) is 12.8 Å². The van der Waals surface area contributed by atoms with Crippen LogP contribution in [0.15, 0.2) is 48.7 Å². The van der Waals surface area contributed by atoms with Crippen LogP contribution in [-0.2, 0) is 14.3 Å². The third-order valence-corrected chi connectivity index (χ3v) is 4.46. The van der Waals surface area contributed by atoms with Gasteiger partial charge in [0.25, 0.3) is 0 Å². The highest BCUT2D eigenvalue weighted by molar-refractivity contribution is 5.92. The first kappa shape index (κ1) is 18.8. The molecule has 142 valence electrons. The molecule has 2 aromatic rings. The fourth-order valence-electron chi connectivity index (χ4n) is 2.97. The molecule has 0 bridgehead atoms. The van der Waals surface area contributed by atoms with Crippen LogP contribution in [0.3, 0.4) is 0 Å². The van der Waals surface area contributed by atoms with Gasteiger partial charge in [0, 0.05) is 32.2 Å². The number of para-hydroxylation sites is 1. The predicted octanol–water partition coefficient (Wildman–Crippen LogP) is 2.70. The van der Waals surface area contributed by atoms with Gasteiger partial charge in [-0.25, -0.2) is 4.98 Å². The van der Waals surface area contributed by atoms with Gasteiger partial charge in [0.2, 0.25) is 17.7 Å². The summed E-state index contributed by atoms with van der Waals surface area (Å²) in [5.74, 6) is 0.972. The summed E-state index contributed by atoms with van der Waals surface area (Å²) in [5.41, 5.74) is 0.623. The molecule has 0 unspecified atom stereocenters. The van der Waals surface area contributed by atoms with Gasteiger partial charge >= 0.3 is 0 Å². The molecule has 0 saturated carbocycles. The number of methoxy groups -OCH3 is 1. The molecule has 0 atom stereocenters. The number of anilines is 1. The predicted molar refractivity (Wildman–Crippen MR) is 101 cm³/mol. The zero-order valence-electron chi connectivity index (χ0n) is 15.3. The molecule has 7 heteroatoms. The fourth-order valence-corrected chi connectivity index (χ4v) is 2.97. The molecule has 1 fully saturated rings. The van der Waals surface area contributed by atoms with E-state index in [1.807, 2.05) is 30.3 Å². The van der Waals surface area contributed by atoms with Crippen molar-refractivity contribution in [3.05, 3.63) is 48.7 Å². The van der Waals surface area contributed by atoms with Crippen molar-refractivity contribution in [3.8, 4) is 11.6 Å². The Morgan fingerprint density at radius 2 is 1.89 bits per heavy atom. The summed E-state index contributed by atoms with van der Waals surface area (Å²) in [7, 11) is 1.50. The summed E-state index contributed by atoms with van der Waals surface area (Å²) in [5, 5.41) is 2.89. The average Bonchev–Trinajstić information content (AvgIpc) is 2.70. The van der Waals surface area contributed by atoms with Crippen molar-refractivity contribution in [1.82, 2.24) is 9.88 Å². The zero-order valence-corrected chi connectivity index (χ0v) is 15.3. The minimum Gasteiger partial charge on any atom is -0.439 e. The second-order valence-electron chi connectivity index (χ2n) is 6.38. The van der Waals surface area contributed by atoms with Gasteiger partial charge in [-0.2, -0.15) is 0 Å². The minimum atomic E-state index is -0.114. The molecule has 2 heterocycles. The first-order valence-electron chi connectivity index (χ1n) is 8.92. The van der Waals surface area contributed by atoms with Crippen molar-refractivity contribution in [2.45, 2.75) is 12.8 Å². The van der Waals surface area contributed by atoms with Crippen molar-refractivity contribution < 1.29 is 19.1 Å². The summed E-state index contributed by atoms with van der Waals surface area (Å²) in [6, 6.07) is 12.9. The number of hydrogen-bond donors (Lipinski definition) is 1. The van der Waals surface area contributed by atoms with Gasteiger partial charge in [0.1, 0.15) is 12.4 Å². The highest BCUT2D eigenvalue weighted by Crippen LogP contribution is 2.22. The molecule has 1 aromatic heterocycles. The number of likely N-dealkylation sites (tertiary alicyclic amines) is 1. The number of nitrogens with one attached hydrogen (secondary N) is 1. The van der Waals surface area contributed by atoms with E-state index < -0.39 is 0 Å². The Kier molecular flexibility index (Phi) is 6.38. The van der Waals surface area contributed by atoms with Crippen LogP contribution in [0.4, 0.5) is 5.69 Å². The molecule has 1 saturated heterocycles. The highest BCUT2D eigenvalue weighted by atomic mass is 16.5. The first-order chi connectivity index (χ1) is 13.2. The minimum absolute atomic E-state index is 0.0328. The van der Waals surface area contributed by atoms with E-state index in [2.05, 4.69) is 10.3 Å². The number of hydrogen-bond acceptors (Lipinski definition) is 5. The molecule has 1 N–H and O–H groups in total. The second-order valence-corrected chi connectivity index (χ2v) is 6.38. The molecule has 27 heavy (non-hydrogen) atoms. The molecule has 7 nitrogen and oxygen atoms in total. The number of carbonyl (C=O) groups excluding carboxylic acids is 2. The number of piperidine rings is 1. The normalized spacial score (nSPS) is 14.6. The van der Waals surface area contributed by atoms with E-state index in [4.69, 9.17) is 9.47 Å². The SMILES string of the molecule is COCC(=O)N1CCC(C(=O)Nc2ccc(Oc3ccccc3)nc2)CC1. The van der Waals surface area contributed by atoms with E-state index in [-0.39, 0.29) is 24.3 Å². The largest absolute Gasteiger partial charge is 0.439 e. The molecule has 1 aliphatic rings. The lowest BCUT2D eigenvalue weighted by atomic mass is 9.96. The fraction of sp³-hybridized carbons (Fsp3) is 0.350. The number of nitrogens with zero attached hydrogens (tertiary/aromatic N) is 2. The van der Waals surface area contributed by atoms with Gasteiger partial charge in [0.05, 0.1) is 11.9 Å². The summed E-state index contributed by atoms with van der Waals surface area (Å²) in [4.78, 5) is 30.2. The topological polar surface area (TPSA) is 80.8 Å². The van der Waals surface area contributed by atoms with Crippen LogP contribution in [-0.4, -0.2) is 48.5 Å². The maximum atomic E-state index is 12.4. The summed E-state index contributed by atoms with van der Waals surface area (Å²) in [6.45, 7) is 1.23. The van der Waals surface area contributed by atoms with Gasteiger partial charge in [0.15, 0.2) is 0 Å². The van der Waals surface area contributed by atoms with Gasteiger partial charge in [-0.1, -0.05) is 18.2 Å². The Hall–Kier alpha value is -2.93. The number of ether oxygens (including phenoxy) is 2. The standard InChI is InChI=1S/C20H23N3O4/c1-26-14-19(24)23-11-9-15(10-12-23)20(25)22-16-7-8-18(21-13-16)27-17-5-3-2-4-6-17/h2-8,13,15H,9-12,14H2,1H3,(H,22,25). The van der Waals surface area contributed by atoms with Crippen molar-refractivity contribution in [3.63, 3.8) is 0 Å². The number of aromatic nitrogens is 1. The van der Waals surface area contributed by atoms with Crippen LogP contribution in [0.2, 0.25) is 0 Å². The Balaban J connectivity index is 1.49. The average molecular weight is 369 g/mol. The van der Waals surface area contributed by atoms with Gasteiger partial charge < -0.3 is 19.7 Å². The Morgan fingerprint density at radius 1 is 1.15 bits per heavy atom. The molecule has 2 amide bonds. The van der Waals surface area contributed by atoms with Crippen molar-refractivity contribution >= 4 is 17.5 Å². The van der Waals surface area contributed by atoms with Gasteiger partial charge in [-0.05, 0) is 31.0 Å². The van der Waals surface area contributed by atoms with Crippen molar-refractivity contribution in [2.75, 3.05) is 32.1 Å². The molecule has 0 radical (unpaired) electrons. The van der Waals surface area contributed by atoms with Crippen LogP contribution in [0.25, 0.3) is 0 Å². The summed E-state index contributed by atoms with van der Waals surface area (Å²) >= 11 is 0. The maximum Gasteiger partial charge on any atom is 0.248 e. The second kappa shape index (κ2) is 9.14. The van der Waals surface area contributed by atoms with Gasteiger partial charge in [-0.15, -0.1) is 0 Å². The van der Waals surface area contributed by atoms with E-state index in [1.165, 1.54) is 7.11 Å². The Labute approximate surface area is 158 Å². The van der Waals surface area contributed by atoms with E-state index in [9.17, 15) is 9.59 Å². The molecular formula is C20H23N3O4. The first-order valence-corrected chi connectivity index (χ1v) is 8.92. The van der Waals surface area contributed by atoms with Crippen molar-refractivity contribution in [2.24, 2.45) is 5.92 Å². The third kappa shape index (κ3) is 5.27. The lowest BCUT2D eigenvalue weighted by molar-refractivity contribution is -0.138. The lowest BCUT2D eigenvalue weighted by Gasteiger charge is -2.31. The third-order valence-electron chi connectivity index (χ3n) is 4.46. The number of benzene rings is 1. The lowest BCUT2D eigenvalue weighted by Crippen LogP contribution is -2.42. The van der Waals surface area contributed by atoms with E-state index in [0.717, 1.165) is 0 Å². The quantitative estimate of drug-likeness (QED) is 0.847. The molecule has 0 spiro atoms. The van der Waals surface area contributed by atoms with E-state index >= 15 is 0 Å². The molecular weight excluding hydrogens is 346 g/mol.